The molecule has 0 spiro atoms. The number of benzene rings is 3. The molecule has 0 unspecified atom stereocenters. The molecule has 146 valence electrons. The highest BCUT2D eigenvalue weighted by atomic mass is 35.5. The van der Waals surface area contributed by atoms with Crippen LogP contribution >= 0.6 is 11.6 Å². The maximum atomic E-state index is 12.6. The van der Waals surface area contributed by atoms with Crippen LogP contribution in [0.2, 0.25) is 5.02 Å². The fourth-order valence-corrected chi connectivity index (χ4v) is 2.82. The normalized spacial score (nSPS) is 10.7. The van der Waals surface area contributed by atoms with Gasteiger partial charge in [-0.25, -0.2) is 0 Å². The van der Waals surface area contributed by atoms with E-state index in [0.29, 0.717) is 22.8 Å². The van der Waals surface area contributed by atoms with Gasteiger partial charge in [-0.15, -0.1) is 0 Å². The molecule has 0 atom stereocenters. The molecule has 29 heavy (non-hydrogen) atoms. The predicted octanol–water partition coefficient (Wildman–Crippen LogP) is 5.23. The molecule has 2 amide bonds. The molecule has 3 aromatic carbocycles. The van der Waals surface area contributed by atoms with Crippen molar-refractivity contribution in [2.24, 2.45) is 0 Å². The van der Waals surface area contributed by atoms with E-state index in [1.165, 1.54) is 11.6 Å². The lowest BCUT2D eigenvalue weighted by Gasteiger charge is -2.11. The van der Waals surface area contributed by atoms with Crippen LogP contribution in [0.1, 0.15) is 27.0 Å². The smallest absolute Gasteiger partial charge is 0.253 e. The number of nitrogens with one attached hydrogen (secondary N) is 2. The molecule has 0 fully saturated rings. The number of hydrogen-bond donors (Lipinski definition) is 2. The maximum Gasteiger partial charge on any atom is 0.253 e. The van der Waals surface area contributed by atoms with Crippen molar-refractivity contribution in [1.29, 1.82) is 0 Å². The molecule has 3 rings (SSSR count). The number of rotatable bonds is 6. The van der Waals surface area contributed by atoms with Crippen molar-refractivity contribution in [2.75, 3.05) is 5.32 Å². The number of anilines is 1. The van der Waals surface area contributed by atoms with E-state index in [4.69, 9.17) is 11.6 Å². The molecule has 5 heteroatoms. The number of para-hydroxylation sites is 1. The van der Waals surface area contributed by atoms with E-state index in [1.54, 1.807) is 42.5 Å². The van der Waals surface area contributed by atoms with Gasteiger partial charge in [0.1, 0.15) is 0 Å². The van der Waals surface area contributed by atoms with Crippen molar-refractivity contribution in [1.82, 2.24) is 5.32 Å². The third kappa shape index (κ3) is 6.06. The Bertz CT molecular complexity index is 1030. The molecule has 2 N–H and O–H groups in total. The fourth-order valence-electron chi connectivity index (χ4n) is 2.69. The summed E-state index contributed by atoms with van der Waals surface area (Å²) in [6, 6.07) is 22.0. The molecular weight excluding hydrogens is 384 g/mol. The van der Waals surface area contributed by atoms with Crippen LogP contribution in [-0.4, -0.2) is 11.8 Å². The molecule has 0 aliphatic rings. The van der Waals surface area contributed by atoms with E-state index in [2.05, 4.69) is 10.6 Å². The van der Waals surface area contributed by atoms with Gasteiger partial charge in [0.25, 0.3) is 5.91 Å². The summed E-state index contributed by atoms with van der Waals surface area (Å²) in [4.78, 5) is 24.9. The van der Waals surface area contributed by atoms with Crippen molar-refractivity contribution >= 4 is 35.2 Å². The van der Waals surface area contributed by atoms with Gasteiger partial charge in [0.15, 0.2) is 0 Å². The zero-order valence-corrected chi connectivity index (χ0v) is 16.7. The van der Waals surface area contributed by atoms with Crippen LogP contribution in [0.25, 0.3) is 6.08 Å². The molecule has 0 saturated heterocycles. The number of hydrogen-bond acceptors (Lipinski definition) is 2. The molecule has 3 aromatic rings. The SMILES string of the molecule is Cc1ccc(CNC(=O)c2ccccc2NC(=O)/C=C/c2ccc(Cl)cc2)cc1. The van der Waals surface area contributed by atoms with Gasteiger partial charge in [-0.05, 0) is 48.4 Å². The van der Waals surface area contributed by atoms with Gasteiger partial charge in [0, 0.05) is 17.6 Å². The molecule has 0 bridgehead atoms. The summed E-state index contributed by atoms with van der Waals surface area (Å²) in [6.45, 7) is 2.43. The maximum absolute atomic E-state index is 12.6. The first-order valence-corrected chi connectivity index (χ1v) is 9.56. The number of aryl methyl sites for hydroxylation is 1. The van der Waals surface area contributed by atoms with Gasteiger partial charge >= 0.3 is 0 Å². The van der Waals surface area contributed by atoms with Crippen LogP contribution in [0.5, 0.6) is 0 Å². The summed E-state index contributed by atoms with van der Waals surface area (Å²) in [6.07, 6.45) is 3.11. The Morgan fingerprint density at radius 1 is 0.931 bits per heavy atom. The summed E-state index contributed by atoms with van der Waals surface area (Å²) in [7, 11) is 0. The molecule has 0 aliphatic heterocycles. The van der Waals surface area contributed by atoms with Crippen molar-refractivity contribution in [3.05, 3.63) is 106 Å². The quantitative estimate of drug-likeness (QED) is 0.552. The van der Waals surface area contributed by atoms with Crippen molar-refractivity contribution in [3.63, 3.8) is 0 Å². The van der Waals surface area contributed by atoms with Crippen molar-refractivity contribution < 1.29 is 9.59 Å². The fraction of sp³-hybridized carbons (Fsp3) is 0.0833. The van der Waals surface area contributed by atoms with Crippen molar-refractivity contribution in [3.8, 4) is 0 Å². The molecule has 0 radical (unpaired) electrons. The van der Waals surface area contributed by atoms with Crippen LogP contribution in [0.3, 0.4) is 0 Å². The zero-order valence-electron chi connectivity index (χ0n) is 16.0. The lowest BCUT2D eigenvalue weighted by Crippen LogP contribution is -2.24. The number of carbonyl (C=O) groups excluding carboxylic acids is 2. The van der Waals surface area contributed by atoms with Gasteiger partial charge in [-0.1, -0.05) is 65.7 Å². The third-order valence-electron chi connectivity index (χ3n) is 4.30. The van der Waals surface area contributed by atoms with Gasteiger partial charge in [-0.2, -0.15) is 0 Å². The highest BCUT2D eigenvalue weighted by molar-refractivity contribution is 6.30. The summed E-state index contributed by atoms with van der Waals surface area (Å²) in [5, 5.41) is 6.29. The second-order valence-corrected chi connectivity index (χ2v) is 7.02. The van der Waals surface area contributed by atoms with Crippen LogP contribution in [-0.2, 0) is 11.3 Å². The van der Waals surface area contributed by atoms with E-state index < -0.39 is 0 Å². The predicted molar refractivity (Wildman–Crippen MR) is 118 cm³/mol. The Kier molecular flexibility index (Phi) is 6.82. The highest BCUT2D eigenvalue weighted by Crippen LogP contribution is 2.16. The van der Waals surface area contributed by atoms with Crippen LogP contribution in [0.15, 0.2) is 78.9 Å². The highest BCUT2D eigenvalue weighted by Gasteiger charge is 2.12. The van der Waals surface area contributed by atoms with E-state index in [0.717, 1.165) is 11.1 Å². The second kappa shape index (κ2) is 9.71. The first-order valence-electron chi connectivity index (χ1n) is 9.19. The first kappa shape index (κ1) is 20.4. The minimum Gasteiger partial charge on any atom is -0.348 e. The Morgan fingerprint density at radius 2 is 1.62 bits per heavy atom. The molecular formula is C24H21ClN2O2. The first-order chi connectivity index (χ1) is 14.0. The molecule has 4 nitrogen and oxygen atoms in total. The second-order valence-electron chi connectivity index (χ2n) is 6.59. The Balaban J connectivity index is 1.64. The number of carbonyl (C=O) groups is 2. The average Bonchev–Trinajstić information content (AvgIpc) is 2.73. The lowest BCUT2D eigenvalue weighted by atomic mass is 10.1. The van der Waals surface area contributed by atoms with Gasteiger partial charge < -0.3 is 10.6 Å². The molecule has 0 heterocycles. The average molecular weight is 405 g/mol. The molecule has 0 aliphatic carbocycles. The van der Waals surface area contributed by atoms with E-state index >= 15 is 0 Å². The zero-order chi connectivity index (χ0) is 20.6. The van der Waals surface area contributed by atoms with Crippen LogP contribution in [0.4, 0.5) is 5.69 Å². The third-order valence-corrected chi connectivity index (χ3v) is 4.55. The Labute approximate surface area is 175 Å². The summed E-state index contributed by atoms with van der Waals surface area (Å²) < 4.78 is 0. The minimum atomic E-state index is -0.321. The summed E-state index contributed by atoms with van der Waals surface area (Å²) in [5.74, 6) is -0.568. The van der Waals surface area contributed by atoms with Crippen molar-refractivity contribution in [2.45, 2.75) is 13.5 Å². The monoisotopic (exact) mass is 404 g/mol. The number of amides is 2. The summed E-state index contributed by atoms with van der Waals surface area (Å²) in [5.41, 5.74) is 3.90. The largest absolute Gasteiger partial charge is 0.348 e. The van der Waals surface area contributed by atoms with Gasteiger partial charge in [0.2, 0.25) is 5.91 Å². The Morgan fingerprint density at radius 3 is 2.34 bits per heavy atom. The van der Waals surface area contributed by atoms with Gasteiger partial charge in [-0.3, -0.25) is 9.59 Å². The van der Waals surface area contributed by atoms with E-state index in [1.807, 2.05) is 43.3 Å². The van der Waals surface area contributed by atoms with Gasteiger partial charge in [0.05, 0.1) is 11.3 Å². The molecule has 0 aromatic heterocycles. The van der Waals surface area contributed by atoms with Crippen LogP contribution < -0.4 is 10.6 Å². The minimum absolute atomic E-state index is 0.247. The number of halogens is 1. The standard InChI is InChI=1S/C24H21ClN2O2/c1-17-6-8-19(9-7-17)16-26-24(29)21-4-2-3-5-22(21)27-23(28)15-12-18-10-13-20(25)14-11-18/h2-15H,16H2,1H3,(H,26,29)(H,27,28)/b15-12+. The van der Waals surface area contributed by atoms with E-state index in [9.17, 15) is 9.59 Å². The summed E-state index contributed by atoms with van der Waals surface area (Å²) >= 11 is 5.86. The Hall–Kier alpha value is -3.37. The van der Waals surface area contributed by atoms with Crippen LogP contribution in [0, 0.1) is 6.92 Å². The van der Waals surface area contributed by atoms with E-state index in [-0.39, 0.29) is 11.8 Å². The molecule has 0 saturated carbocycles. The topological polar surface area (TPSA) is 58.2 Å². The lowest BCUT2D eigenvalue weighted by molar-refractivity contribution is -0.111.